The van der Waals surface area contributed by atoms with E-state index in [-0.39, 0.29) is 0 Å². The fourth-order valence-corrected chi connectivity index (χ4v) is 2.49. The monoisotopic (exact) mass is 248 g/mol. The van der Waals surface area contributed by atoms with Crippen molar-refractivity contribution in [1.82, 2.24) is 0 Å². The molecule has 2 unspecified atom stereocenters. The standard InChI is InChI=1S/C13H12O3S/c14-12(10-7-4-8-17-10)11(13(15)16)9-5-2-1-3-6-9/h1-8,11-12,14H,(H,15,16). The Labute approximate surface area is 103 Å². The number of aliphatic hydroxyl groups is 1. The van der Waals surface area contributed by atoms with E-state index in [1.807, 2.05) is 11.4 Å². The maximum absolute atomic E-state index is 11.3. The number of hydrogen-bond acceptors (Lipinski definition) is 3. The minimum Gasteiger partial charge on any atom is -0.481 e. The van der Waals surface area contributed by atoms with Gasteiger partial charge in [0.15, 0.2) is 0 Å². The summed E-state index contributed by atoms with van der Waals surface area (Å²) in [6, 6.07) is 12.3. The molecule has 0 bridgehead atoms. The molecule has 1 heterocycles. The van der Waals surface area contributed by atoms with Gasteiger partial charge >= 0.3 is 5.97 Å². The lowest BCUT2D eigenvalue weighted by molar-refractivity contribution is -0.141. The summed E-state index contributed by atoms with van der Waals surface area (Å²) in [5.74, 6) is -1.94. The fraction of sp³-hybridized carbons (Fsp3) is 0.154. The van der Waals surface area contributed by atoms with Crippen molar-refractivity contribution < 1.29 is 15.0 Å². The van der Waals surface area contributed by atoms with Crippen LogP contribution >= 0.6 is 11.3 Å². The molecule has 0 saturated carbocycles. The van der Waals surface area contributed by atoms with Crippen molar-refractivity contribution in [2.45, 2.75) is 12.0 Å². The van der Waals surface area contributed by atoms with Gasteiger partial charge in [0, 0.05) is 4.88 Å². The Morgan fingerprint density at radius 1 is 1.12 bits per heavy atom. The Morgan fingerprint density at radius 2 is 1.82 bits per heavy atom. The van der Waals surface area contributed by atoms with Crippen LogP contribution in [0.5, 0.6) is 0 Å². The summed E-state index contributed by atoms with van der Waals surface area (Å²) in [6.45, 7) is 0. The summed E-state index contributed by atoms with van der Waals surface area (Å²) < 4.78 is 0. The van der Waals surface area contributed by atoms with E-state index < -0.39 is 18.0 Å². The molecule has 1 aromatic heterocycles. The van der Waals surface area contributed by atoms with Gasteiger partial charge in [-0.15, -0.1) is 11.3 Å². The van der Waals surface area contributed by atoms with Gasteiger partial charge in [0.1, 0.15) is 12.0 Å². The van der Waals surface area contributed by atoms with Gasteiger partial charge in [0.25, 0.3) is 0 Å². The number of carboxylic acid groups (broad SMARTS) is 1. The minimum atomic E-state index is -1.02. The molecule has 0 saturated heterocycles. The largest absolute Gasteiger partial charge is 0.481 e. The Balaban J connectivity index is 2.34. The highest BCUT2D eigenvalue weighted by atomic mass is 32.1. The molecule has 17 heavy (non-hydrogen) atoms. The molecule has 0 amide bonds. The van der Waals surface area contributed by atoms with Crippen LogP contribution in [-0.4, -0.2) is 16.2 Å². The Hall–Kier alpha value is -1.65. The first-order valence-electron chi connectivity index (χ1n) is 5.19. The normalized spacial score (nSPS) is 14.2. The van der Waals surface area contributed by atoms with Crippen LogP contribution in [0.3, 0.4) is 0 Å². The molecule has 0 aliphatic heterocycles. The molecule has 0 spiro atoms. The maximum atomic E-state index is 11.3. The molecule has 0 fully saturated rings. The molecule has 2 N–H and O–H groups in total. The number of aliphatic carboxylic acids is 1. The molecule has 0 aliphatic rings. The second-order valence-corrected chi connectivity index (χ2v) is 4.67. The van der Waals surface area contributed by atoms with Crippen molar-refractivity contribution in [3.8, 4) is 0 Å². The van der Waals surface area contributed by atoms with E-state index in [0.29, 0.717) is 10.4 Å². The van der Waals surface area contributed by atoms with Gasteiger partial charge in [0.05, 0.1) is 0 Å². The summed E-state index contributed by atoms with van der Waals surface area (Å²) in [6.07, 6.45) is -1.00. The van der Waals surface area contributed by atoms with Crippen LogP contribution in [0.1, 0.15) is 22.5 Å². The number of aliphatic hydroxyl groups excluding tert-OH is 1. The maximum Gasteiger partial charge on any atom is 0.314 e. The number of rotatable bonds is 4. The molecule has 2 rings (SSSR count). The molecular weight excluding hydrogens is 236 g/mol. The summed E-state index contributed by atoms with van der Waals surface area (Å²) in [7, 11) is 0. The van der Waals surface area contributed by atoms with E-state index in [2.05, 4.69) is 0 Å². The summed E-state index contributed by atoms with van der Waals surface area (Å²) in [5.41, 5.74) is 0.612. The summed E-state index contributed by atoms with van der Waals surface area (Å²) >= 11 is 1.36. The first-order chi connectivity index (χ1) is 8.20. The van der Waals surface area contributed by atoms with E-state index in [9.17, 15) is 15.0 Å². The third kappa shape index (κ3) is 2.54. The Bertz CT molecular complexity index is 479. The second-order valence-electron chi connectivity index (χ2n) is 3.69. The summed E-state index contributed by atoms with van der Waals surface area (Å²) in [5, 5.41) is 21.2. The van der Waals surface area contributed by atoms with Crippen molar-refractivity contribution in [1.29, 1.82) is 0 Å². The first kappa shape index (κ1) is 11.8. The SMILES string of the molecule is O=C(O)C(c1ccccc1)C(O)c1cccs1. The second kappa shape index (κ2) is 5.12. The highest BCUT2D eigenvalue weighted by Gasteiger charge is 2.29. The van der Waals surface area contributed by atoms with Crippen LogP contribution in [0, 0.1) is 0 Å². The zero-order chi connectivity index (χ0) is 12.3. The molecular formula is C13H12O3S. The van der Waals surface area contributed by atoms with Gasteiger partial charge in [-0.3, -0.25) is 4.79 Å². The zero-order valence-corrected chi connectivity index (χ0v) is 9.80. The zero-order valence-electron chi connectivity index (χ0n) is 8.98. The predicted octanol–water partition coefficient (Wildman–Crippen LogP) is 2.65. The average Bonchev–Trinajstić information content (AvgIpc) is 2.83. The third-order valence-corrected chi connectivity index (χ3v) is 3.52. The van der Waals surface area contributed by atoms with Crippen LogP contribution < -0.4 is 0 Å². The first-order valence-corrected chi connectivity index (χ1v) is 6.07. The quantitative estimate of drug-likeness (QED) is 0.874. The van der Waals surface area contributed by atoms with Crippen LogP contribution in [0.25, 0.3) is 0 Å². The van der Waals surface area contributed by atoms with Gasteiger partial charge in [-0.05, 0) is 17.0 Å². The predicted molar refractivity (Wildman–Crippen MR) is 66.1 cm³/mol. The minimum absolute atomic E-state index is 0.612. The lowest BCUT2D eigenvalue weighted by Crippen LogP contribution is -2.19. The van der Waals surface area contributed by atoms with Gasteiger partial charge in [0.2, 0.25) is 0 Å². The van der Waals surface area contributed by atoms with E-state index >= 15 is 0 Å². The smallest absolute Gasteiger partial charge is 0.314 e. The van der Waals surface area contributed by atoms with E-state index in [1.54, 1.807) is 36.4 Å². The number of hydrogen-bond donors (Lipinski definition) is 2. The molecule has 88 valence electrons. The fourth-order valence-electron chi connectivity index (χ4n) is 1.74. The van der Waals surface area contributed by atoms with Crippen LogP contribution in [-0.2, 0) is 4.79 Å². The van der Waals surface area contributed by atoms with E-state index in [4.69, 9.17) is 0 Å². The van der Waals surface area contributed by atoms with Crippen molar-refractivity contribution in [2.75, 3.05) is 0 Å². The topological polar surface area (TPSA) is 57.5 Å². The van der Waals surface area contributed by atoms with Crippen molar-refractivity contribution in [3.63, 3.8) is 0 Å². The van der Waals surface area contributed by atoms with Gasteiger partial charge in [-0.2, -0.15) is 0 Å². The number of carboxylic acids is 1. The molecule has 4 heteroatoms. The molecule has 1 aromatic carbocycles. The van der Waals surface area contributed by atoms with Gasteiger partial charge < -0.3 is 10.2 Å². The molecule has 2 atom stereocenters. The lowest BCUT2D eigenvalue weighted by Gasteiger charge is -2.18. The summed E-state index contributed by atoms with van der Waals surface area (Å²) in [4.78, 5) is 11.9. The van der Waals surface area contributed by atoms with E-state index in [1.165, 1.54) is 11.3 Å². The Morgan fingerprint density at radius 3 is 2.35 bits per heavy atom. The van der Waals surface area contributed by atoms with Gasteiger partial charge in [-0.25, -0.2) is 0 Å². The lowest BCUT2D eigenvalue weighted by atomic mass is 9.93. The van der Waals surface area contributed by atoms with Crippen LogP contribution in [0.15, 0.2) is 47.8 Å². The highest BCUT2D eigenvalue weighted by molar-refractivity contribution is 7.10. The average molecular weight is 248 g/mol. The molecule has 2 aromatic rings. The van der Waals surface area contributed by atoms with Crippen molar-refractivity contribution in [3.05, 3.63) is 58.3 Å². The third-order valence-electron chi connectivity index (χ3n) is 2.58. The molecule has 3 nitrogen and oxygen atoms in total. The van der Waals surface area contributed by atoms with Crippen molar-refractivity contribution >= 4 is 17.3 Å². The van der Waals surface area contributed by atoms with Crippen LogP contribution in [0.4, 0.5) is 0 Å². The van der Waals surface area contributed by atoms with Gasteiger partial charge in [-0.1, -0.05) is 36.4 Å². The Kier molecular flexibility index (Phi) is 3.56. The number of thiophene rings is 1. The molecule has 0 radical (unpaired) electrons. The van der Waals surface area contributed by atoms with Crippen LogP contribution in [0.2, 0.25) is 0 Å². The highest BCUT2D eigenvalue weighted by Crippen LogP contribution is 2.33. The number of carbonyl (C=O) groups is 1. The number of benzene rings is 1. The molecule has 0 aliphatic carbocycles. The van der Waals surface area contributed by atoms with Crippen molar-refractivity contribution in [2.24, 2.45) is 0 Å². The van der Waals surface area contributed by atoms with E-state index in [0.717, 1.165) is 0 Å².